The van der Waals surface area contributed by atoms with Crippen molar-refractivity contribution in [2.45, 2.75) is 120 Å². The molecule has 4 bridgehead atoms. The zero-order valence-electron chi connectivity index (χ0n) is 32.5. The standard InChI is InChI=1S/C39H56ClN3O9S/c1-22-12-11-13-29(50-10)39(48)21-26(19-31(44)41-39)23(2)35-38(6,52-35)30(51-36(47)24(3)42(7)32(45)14-15-37(4,5)53)20-33(46)43(8)27-17-25(16-22)18-28(49-9)34(27)40/h11-13,17-18,23-24,26,29-30,35,48,53H,14-16,19-21H2,1-10H3,(H,41,44)/b13-11+,22-12+. The molecular formula is C39H56ClN3O9S. The fourth-order valence-electron chi connectivity index (χ4n) is 7.25. The summed E-state index contributed by atoms with van der Waals surface area (Å²) in [6.45, 7) is 11.0. The lowest BCUT2D eigenvalue weighted by molar-refractivity contribution is -0.162. The van der Waals surface area contributed by atoms with E-state index in [0.29, 0.717) is 24.3 Å². The molecule has 0 spiro atoms. The number of esters is 1. The summed E-state index contributed by atoms with van der Waals surface area (Å²) < 4.78 is 23.4. The third-order valence-corrected chi connectivity index (χ3v) is 11.5. The van der Waals surface area contributed by atoms with Gasteiger partial charge in [-0.25, -0.2) is 4.79 Å². The van der Waals surface area contributed by atoms with Gasteiger partial charge in [0.1, 0.15) is 34.6 Å². The summed E-state index contributed by atoms with van der Waals surface area (Å²) in [5.41, 5.74) is -0.650. The molecule has 8 unspecified atom stereocenters. The zero-order chi connectivity index (χ0) is 39.6. The SMILES string of the molecule is COc1cc2cc(c1Cl)N(C)C(=O)CC(OC(=O)C(C)N(C)C(=O)CCC(C)(C)S)C1(C)OC1C(C)C1CC(=O)NC(O)(C1)C(OC)/C=C/C=C(\C)C2. The molecule has 294 valence electrons. The molecule has 0 radical (unpaired) electrons. The number of hydrogen-bond acceptors (Lipinski definition) is 10. The minimum atomic E-state index is -1.70. The van der Waals surface area contributed by atoms with Crippen LogP contribution in [0.3, 0.4) is 0 Å². The molecule has 2 fully saturated rings. The van der Waals surface area contributed by atoms with Gasteiger partial charge in [-0.2, -0.15) is 12.6 Å². The number of methoxy groups -OCH3 is 2. The summed E-state index contributed by atoms with van der Waals surface area (Å²) in [5.74, 6) is -1.94. The first-order chi connectivity index (χ1) is 24.6. The molecule has 3 heterocycles. The summed E-state index contributed by atoms with van der Waals surface area (Å²) in [6.07, 6.45) is 4.12. The molecule has 3 aliphatic rings. The predicted octanol–water partition coefficient (Wildman–Crippen LogP) is 5.03. The van der Waals surface area contributed by atoms with Crippen molar-refractivity contribution in [3.8, 4) is 5.75 Å². The van der Waals surface area contributed by atoms with Crippen LogP contribution in [-0.2, 0) is 39.8 Å². The molecule has 1 aromatic rings. The number of aliphatic hydroxyl groups is 1. The van der Waals surface area contributed by atoms with Gasteiger partial charge in [0.25, 0.3) is 0 Å². The van der Waals surface area contributed by atoms with Crippen LogP contribution in [0.25, 0.3) is 0 Å². The predicted molar refractivity (Wildman–Crippen MR) is 206 cm³/mol. The topological polar surface area (TPSA) is 147 Å². The quantitative estimate of drug-likeness (QED) is 0.188. The van der Waals surface area contributed by atoms with Crippen molar-refractivity contribution in [3.05, 3.63) is 46.5 Å². The van der Waals surface area contributed by atoms with E-state index >= 15 is 0 Å². The van der Waals surface area contributed by atoms with Gasteiger partial charge >= 0.3 is 5.97 Å². The number of hydrogen-bond donors (Lipinski definition) is 3. The fourth-order valence-corrected chi connectivity index (χ4v) is 7.67. The highest BCUT2D eigenvalue weighted by molar-refractivity contribution is 7.81. The number of rotatable bonds is 8. The molecule has 0 saturated carbocycles. The molecule has 0 aliphatic carbocycles. The van der Waals surface area contributed by atoms with Crippen molar-refractivity contribution in [3.63, 3.8) is 0 Å². The lowest BCUT2D eigenvalue weighted by Gasteiger charge is -2.42. The average molecular weight is 778 g/mol. The molecule has 0 aromatic heterocycles. The van der Waals surface area contributed by atoms with E-state index in [1.54, 1.807) is 46.2 Å². The summed E-state index contributed by atoms with van der Waals surface area (Å²) in [7, 11) is 6.11. The number of nitrogens with zero attached hydrogens (tertiary/aromatic N) is 2. The largest absolute Gasteiger partial charge is 0.495 e. The lowest BCUT2D eigenvalue weighted by Crippen LogP contribution is -2.61. The normalized spacial score (nSPS) is 31.7. The highest BCUT2D eigenvalue weighted by Gasteiger charge is 2.64. The van der Waals surface area contributed by atoms with Crippen molar-refractivity contribution in [1.29, 1.82) is 0 Å². The molecule has 3 aliphatic heterocycles. The van der Waals surface area contributed by atoms with E-state index in [-0.39, 0.29) is 59.1 Å². The third kappa shape index (κ3) is 9.96. The van der Waals surface area contributed by atoms with E-state index in [1.165, 1.54) is 24.0 Å². The minimum absolute atomic E-state index is 0.133. The second-order valence-electron chi connectivity index (χ2n) is 15.7. The second-order valence-corrected chi connectivity index (χ2v) is 17.2. The molecule has 3 amide bonds. The number of benzene rings is 1. The number of carbonyl (C=O) groups is 4. The number of amides is 3. The van der Waals surface area contributed by atoms with Crippen molar-refractivity contribution in [2.75, 3.05) is 33.2 Å². The van der Waals surface area contributed by atoms with E-state index < -0.39 is 47.6 Å². The number of halogens is 1. The molecule has 14 heteroatoms. The number of carbonyl (C=O) groups excluding carboxylic acids is 4. The van der Waals surface area contributed by atoms with Crippen molar-refractivity contribution >= 4 is 53.6 Å². The van der Waals surface area contributed by atoms with E-state index in [9.17, 15) is 24.3 Å². The molecule has 12 nitrogen and oxygen atoms in total. The van der Waals surface area contributed by atoms with Gasteiger partial charge in [-0.3, -0.25) is 14.4 Å². The number of likely N-dealkylation sites (N-methyl/N-ethyl adjacent to an activating group) is 1. The van der Waals surface area contributed by atoms with Crippen molar-refractivity contribution in [2.24, 2.45) is 11.8 Å². The molecule has 4 rings (SSSR count). The summed E-state index contributed by atoms with van der Waals surface area (Å²) in [4.78, 5) is 56.8. The first-order valence-electron chi connectivity index (χ1n) is 18.0. The number of fused-ring (bicyclic) bond motifs is 5. The zero-order valence-corrected chi connectivity index (χ0v) is 34.2. The van der Waals surface area contributed by atoms with E-state index in [2.05, 4.69) is 17.9 Å². The maximum absolute atomic E-state index is 14.2. The van der Waals surface area contributed by atoms with Gasteiger partial charge in [-0.05, 0) is 63.1 Å². The Balaban J connectivity index is 1.74. The first-order valence-corrected chi connectivity index (χ1v) is 18.9. The minimum Gasteiger partial charge on any atom is -0.495 e. The Bertz CT molecular complexity index is 1630. The van der Waals surface area contributed by atoms with Gasteiger partial charge in [-0.1, -0.05) is 56.2 Å². The molecular weight excluding hydrogens is 722 g/mol. The Labute approximate surface area is 324 Å². The molecule has 2 saturated heterocycles. The fraction of sp³-hybridized carbons (Fsp3) is 0.641. The number of epoxide rings is 1. The Morgan fingerprint density at radius 2 is 1.92 bits per heavy atom. The van der Waals surface area contributed by atoms with Crippen LogP contribution >= 0.6 is 24.2 Å². The third-order valence-electron chi connectivity index (χ3n) is 10.9. The van der Waals surface area contributed by atoms with Gasteiger partial charge < -0.3 is 39.2 Å². The summed E-state index contributed by atoms with van der Waals surface area (Å²) in [5, 5.41) is 14.8. The Morgan fingerprint density at radius 3 is 2.55 bits per heavy atom. The van der Waals surface area contributed by atoms with Gasteiger partial charge in [0.2, 0.25) is 17.7 Å². The van der Waals surface area contributed by atoms with Crippen LogP contribution in [0.15, 0.2) is 35.9 Å². The molecule has 8 atom stereocenters. The smallest absolute Gasteiger partial charge is 0.328 e. The highest BCUT2D eigenvalue weighted by Crippen LogP contribution is 2.50. The summed E-state index contributed by atoms with van der Waals surface area (Å²) >= 11 is 11.3. The number of piperidine rings is 1. The van der Waals surface area contributed by atoms with Crippen LogP contribution < -0.4 is 15.0 Å². The Hall–Kier alpha value is -3.10. The number of allylic oxidation sites excluding steroid dienone is 3. The number of ether oxygens (including phenoxy) is 4. The van der Waals surface area contributed by atoms with Gasteiger partial charge in [0.15, 0.2) is 5.72 Å². The molecule has 1 aromatic carbocycles. The average Bonchev–Trinajstić information content (AvgIpc) is 3.78. The van der Waals surface area contributed by atoms with Gasteiger partial charge in [0.05, 0.1) is 25.3 Å². The van der Waals surface area contributed by atoms with Crippen LogP contribution in [-0.4, -0.2) is 102 Å². The van der Waals surface area contributed by atoms with Crippen molar-refractivity contribution < 1.29 is 43.2 Å². The number of thiol groups is 1. The van der Waals surface area contributed by atoms with Crippen LogP contribution in [0.5, 0.6) is 5.75 Å². The van der Waals surface area contributed by atoms with E-state index in [4.69, 9.17) is 30.5 Å². The summed E-state index contributed by atoms with van der Waals surface area (Å²) in [6, 6.07) is 2.65. The maximum Gasteiger partial charge on any atom is 0.328 e. The van der Waals surface area contributed by atoms with E-state index in [0.717, 1.165) is 11.1 Å². The van der Waals surface area contributed by atoms with Crippen LogP contribution in [0.4, 0.5) is 5.69 Å². The first kappa shape index (κ1) is 42.6. The monoisotopic (exact) mass is 777 g/mol. The van der Waals surface area contributed by atoms with Crippen molar-refractivity contribution in [1.82, 2.24) is 10.2 Å². The van der Waals surface area contributed by atoms with Gasteiger partial charge in [-0.15, -0.1) is 0 Å². The number of anilines is 1. The van der Waals surface area contributed by atoms with E-state index in [1.807, 2.05) is 39.8 Å². The van der Waals surface area contributed by atoms with Gasteiger partial charge in [0, 0.05) is 45.2 Å². The lowest BCUT2D eigenvalue weighted by atomic mass is 9.75. The maximum atomic E-state index is 14.2. The molecule has 2 N–H and O–H groups in total. The molecule has 53 heavy (non-hydrogen) atoms. The highest BCUT2D eigenvalue weighted by atomic mass is 35.5. The number of nitrogens with one attached hydrogen (secondary N) is 1. The second kappa shape index (κ2) is 16.7. The Morgan fingerprint density at radius 1 is 1.25 bits per heavy atom. The van der Waals surface area contributed by atoms with Crippen LogP contribution in [0.2, 0.25) is 5.02 Å². The van der Waals surface area contributed by atoms with Crippen LogP contribution in [0.1, 0.15) is 79.2 Å². The Kier molecular flexibility index (Phi) is 13.5. The van der Waals surface area contributed by atoms with Crippen LogP contribution in [0, 0.1) is 11.8 Å².